The molecule has 2 aromatic carbocycles. The van der Waals surface area contributed by atoms with Crippen LogP contribution in [0.25, 0.3) is 0 Å². The van der Waals surface area contributed by atoms with Crippen LogP contribution in [0.1, 0.15) is 60.7 Å². The summed E-state index contributed by atoms with van der Waals surface area (Å²) in [5.41, 5.74) is 4.98. The Hall–Kier alpha value is -0.840. The fourth-order valence-corrected chi connectivity index (χ4v) is 5.92. The van der Waals surface area contributed by atoms with E-state index in [4.69, 9.17) is 0 Å². The zero-order valence-electron chi connectivity index (χ0n) is 17.2. The highest BCUT2D eigenvalue weighted by Crippen LogP contribution is 2.29. The van der Waals surface area contributed by atoms with Crippen LogP contribution in [-0.2, 0) is 17.9 Å². The van der Waals surface area contributed by atoms with Crippen LogP contribution in [0.5, 0.6) is 0 Å². The maximum atomic E-state index is 12.7. The average molecular weight is 433 g/mol. The quantitative estimate of drug-likeness (QED) is 0.297. The van der Waals surface area contributed by atoms with Crippen LogP contribution in [0.3, 0.4) is 0 Å². The van der Waals surface area contributed by atoms with Gasteiger partial charge in [-0.25, -0.2) is 0 Å². The molecular weight excluding hydrogens is 400 g/mol. The fourth-order valence-electron chi connectivity index (χ4n) is 3.05. The lowest BCUT2D eigenvalue weighted by Crippen LogP contribution is -2.13. The topological polar surface area (TPSA) is 17.1 Å². The van der Waals surface area contributed by atoms with E-state index in [0.29, 0.717) is 5.41 Å². The van der Waals surface area contributed by atoms with Crippen LogP contribution in [0.4, 0.5) is 0 Å². The summed E-state index contributed by atoms with van der Waals surface area (Å²) in [4.78, 5) is 12.7. The molecule has 0 aliphatic carbocycles. The van der Waals surface area contributed by atoms with Crippen LogP contribution >= 0.6 is 36.2 Å². The molecule has 0 aromatic heterocycles. The molecule has 0 atom stereocenters. The van der Waals surface area contributed by atoms with Gasteiger partial charge in [0.15, 0.2) is 0 Å². The van der Waals surface area contributed by atoms with Gasteiger partial charge in [0.25, 0.3) is 0 Å². The molecule has 0 aliphatic heterocycles. The highest BCUT2D eigenvalue weighted by atomic mass is 32.2. The highest BCUT2D eigenvalue weighted by molar-refractivity contribution is 8.13. The summed E-state index contributed by atoms with van der Waals surface area (Å²) in [5, 5.41) is 0.174. The molecule has 0 radical (unpaired) electrons. The zero-order valence-corrected chi connectivity index (χ0v) is 19.8. The van der Waals surface area contributed by atoms with Crippen LogP contribution in [0.15, 0.2) is 48.5 Å². The number of thiol groups is 1. The van der Waals surface area contributed by atoms with Crippen LogP contribution in [-0.4, -0.2) is 16.6 Å². The van der Waals surface area contributed by atoms with E-state index in [2.05, 4.69) is 57.7 Å². The molecule has 2 aromatic rings. The third-order valence-corrected chi connectivity index (χ3v) is 7.23. The Morgan fingerprint density at radius 2 is 1.54 bits per heavy atom. The maximum Gasteiger partial charge on any atom is 0.219 e. The van der Waals surface area contributed by atoms with Gasteiger partial charge >= 0.3 is 0 Å². The molecule has 0 fully saturated rings. The number of hydrogen-bond acceptors (Lipinski definition) is 4. The molecule has 0 aliphatic rings. The van der Waals surface area contributed by atoms with Gasteiger partial charge in [0, 0.05) is 17.1 Å². The van der Waals surface area contributed by atoms with E-state index in [1.54, 1.807) is 0 Å². The van der Waals surface area contributed by atoms with E-state index in [0.717, 1.165) is 47.0 Å². The molecule has 0 saturated carbocycles. The lowest BCUT2D eigenvalue weighted by molar-refractivity contribution is 0.108. The van der Waals surface area contributed by atoms with Gasteiger partial charge in [0.05, 0.1) is 0 Å². The van der Waals surface area contributed by atoms with Crippen molar-refractivity contribution in [1.82, 2.24) is 0 Å². The second-order valence-electron chi connectivity index (χ2n) is 7.80. The van der Waals surface area contributed by atoms with Crippen molar-refractivity contribution in [2.24, 2.45) is 5.41 Å². The number of aryl methyl sites for hydroxylation is 1. The van der Waals surface area contributed by atoms with Gasteiger partial charge in [0.2, 0.25) is 5.12 Å². The molecule has 0 spiro atoms. The Bertz CT molecular complexity index is 755. The predicted molar refractivity (Wildman–Crippen MR) is 131 cm³/mol. The predicted octanol–water partition coefficient (Wildman–Crippen LogP) is 7.29. The van der Waals surface area contributed by atoms with Gasteiger partial charge in [-0.3, -0.25) is 4.79 Å². The Morgan fingerprint density at radius 3 is 2.18 bits per heavy atom. The Kier molecular flexibility index (Phi) is 10.0. The van der Waals surface area contributed by atoms with E-state index >= 15 is 0 Å². The van der Waals surface area contributed by atoms with Gasteiger partial charge in [-0.15, -0.1) is 0 Å². The standard InChI is InChI=1S/C24H32OS3/c1-4-19-9-7-8-12-22(19)23(25)28-18-21-11-6-5-10-20(21)17-27-16-14-24(2,3)13-15-26/h5-12,26H,4,13-18H2,1-3H3. The summed E-state index contributed by atoms with van der Waals surface area (Å²) in [5.74, 6) is 3.85. The molecule has 0 amide bonds. The van der Waals surface area contributed by atoms with Gasteiger partial charge < -0.3 is 0 Å². The number of hydrogen-bond donors (Lipinski definition) is 1. The summed E-state index contributed by atoms with van der Waals surface area (Å²) < 4.78 is 0. The Balaban J connectivity index is 1.90. The minimum absolute atomic E-state index is 0.174. The summed E-state index contributed by atoms with van der Waals surface area (Å²) in [6.45, 7) is 6.75. The van der Waals surface area contributed by atoms with Gasteiger partial charge in [-0.1, -0.05) is 81.1 Å². The zero-order chi connectivity index (χ0) is 20.4. The van der Waals surface area contributed by atoms with Crippen molar-refractivity contribution in [2.75, 3.05) is 11.5 Å². The first kappa shape index (κ1) is 23.4. The first-order valence-electron chi connectivity index (χ1n) is 9.97. The Morgan fingerprint density at radius 1 is 0.929 bits per heavy atom. The minimum Gasteiger partial charge on any atom is -0.282 e. The van der Waals surface area contributed by atoms with Crippen LogP contribution in [0, 0.1) is 5.41 Å². The van der Waals surface area contributed by atoms with Crippen molar-refractivity contribution in [3.63, 3.8) is 0 Å². The van der Waals surface area contributed by atoms with Gasteiger partial charge in [-0.2, -0.15) is 24.4 Å². The SMILES string of the molecule is CCc1ccccc1C(=O)SCc1ccccc1CSCCC(C)(C)CCS. The van der Waals surface area contributed by atoms with Crippen molar-refractivity contribution in [2.45, 2.75) is 51.5 Å². The molecule has 0 unspecified atom stereocenters. The summed E-state index contributed by atoms with van der Waals surface area (Å²) in [6.07, 6.45) is 3.26. The minimum atomic E-state index is 0.174. The first-order valence-corrected chi connectivity index (χ1v) is 12.7. The average Bonchev–Trinajstić information content (AvgIpc) is 2.70. The molecule has 4 heteroatoms. The lowest BCUT2D eigenvalue weighted by Gasteiger charge is -2.23. The number of thioether (sulfide) groups is 2. The van der Waals surface area contributed by atoms with E-state index in [-0.39, 0.29) is 5.12 Å². The number of carbonyl (C=O) groups excluding carboxylic acids is 1. The van der Waals surface area contributed by atoms with Crippen molar-refractivity contribution in [3.05, 3.63) is 70.8 Å². The summed E-state index contributed by atoms with van der Waals surface area (Å²) in [7, 11) is 0. The fraction of sp³-hybridized carbons (Fsp3) is 0.458. The third-order valence-electron chi connectivity index (χ3n) is 5.06. The Labute approximate surface area is 184 Å². The largest absolute Gasteiger partial charge is 0.282 e. The van der Waals surface area contributed by atoms with E-state index in [9.17, 15) is 4.79 Å². The summed E-state index contributed by atoms with van der Waals surface area (Å²) in [6, 6.07) is 16.5. The molecule has 1 nitrogen and oxygen atoms in total. The van der Waals surface area contributed by atoms with Crippen LogP contribution < -0.4 is 0 Å². The molecule has 0 N–H and O–H groups in total. The smallest absolute Gasteiger partial charge is 0.219 e. The number of rotatable bonds is 11. The van der Waals surface area contributed by atoms with E-state index in [1.807, 2.05) is 36.0 Å². The molecule has 0 saturated heterocycles. The third kappa shape index (κ3) is 7.53. The van der Waals surface area contributed by atoms with Gasteiger partial charge in [0.1, 0.15) is 0 Å². The van der Waals surface area contributed by atoms with Crippen molar-refractivity contribution in [1.29, 1.82) is 0 Å². The first-order chi connectivity index (χ1) is 13.5. The maximum absolute atomic E-state index is 12.7. The van der Waals surface area contributed by atoms with Crippen molar-refractivity contribution in [3.8, 4) is 0 Å². The normalized spacial score (nSPS) is 11.6. The molecule has 2 rings (SSSR count). The second kappa shape index (κ2) is 12.0. The van der Waals surface area contributed by atoms with E-state index < -0.39 is 0 Å². The molecular formula is C24H32OS3. The highest BCUT2D eigenvalue weighted by Gasteiger charge is 2.16. The molecule has 28 heavy (non-hydrogen) atoms. The molecule has 152 valence electrons. The van der Waals surface area contributed by atoms with Crippen molar-refractivity contribution < 1.29 is 4.79 Å². The van der Waals surface area contributed by atoms with Crippen LogP contribution in [0.2, 0.25) is 0 Å². The monoisotopic (exact) mass is 432 g/mol. The summed E-state index contributed by atoms with van der Waals surface area (Å²) >= 11 is 7.78. The number of carbonyl (C=O) groups is 1. The second-order valence-corrected chi connectivity index (χ2v) is 10.3. The van der Waals surface area contributed by atoms with Gasteiger partial charge in [-0.05, 0) is 52.9 Å². The van der Waals surface area contributed by atoms with Crippen molar-refractivity contribution >= 4 is 41.3 Å². The molecule has 0 heterocycles. The molecule has 0 bridgehead atoms. The van der Waals surface area contributed by atoms with E-state index in [1.165, 1.54) is 29.3 Å². The lowest BCUT2D eigenvalue weighted by atomic mass is 9.87. The number of benzene rings is 2.